The van der Waals surface area contributed by atoms with Crippen molar-refractivity contribution in [3.8, 4) is 0 Å². The Morgan fingerprint density at radius 1 is 1.30 bits per heavy atom. The molecular formula is C16H22N6O. The van der Waals surface area contributed by atoms with Gasteiger partial charge in [0.15, 0.2) is 0 Å². The minimum absolute atomic E-state index is 0.142. The Morgan fingerprint density at radius 3 is 2.87 bits per heavy atom. The monoisotopic (exact) mass is 314 g/mol. The molecule has 2 aromatic heterocycles. The van der Waals surface area contributed by atoms with Gasteiger partial charge in [-0.1, -0.05) is 0 Å². The van der Waals surface area contributed by atoms with Crippen molar-refractivity contribution < 1.29 is 4.79 Å². The van der Waals surface area contributed by atoms with Crippen LogP contribution in [0.2, 0.25) is 0 Å². The van der Waals surface area contributed by atoms with E-state index in [1.54, 1.807) is 12.3 Å². The van der Waals surface area contributed by atoms with Crippen LogP contribution in [0.4, 0.5) is 5.95 Å². The lowest BCUT2D eigenvalue weighted by atomic mass is 10.3. The van der Waals surface area contributed by atoms with Gasteiger partial charge in [-0.05, 0) is 38.3 Å². The van der Waals surface area contributed by atoms with Crippen molar-refractivity contribution in [2.75, 3.05) is 24.5 Å². The van der Waals surface area contributed by atoms with Crippen molar-refractivity contribution in [2.45, 2.75) is 32.7 Å². The zero-order valence-electron chi connectivity index (χ0n) is 13.4. The second-order valence-electron chi connectivity index (χ2n) is 5.77. The highest BCUT2D eigenvalue weighted by molar-refractivity contribution is 5.92. The summed E-state index contributed by atoms with van der Waals surface area (Å²) < 4.78 is 1.85. The molecule has 0 aliphatic carbocycles. The van der Waals surface area contributed by atoms with Crippen LogP contribution in [0.1, 0.15) is 35.4 Å². The van der Waals surface area contributed by atoms with Gasteiger partial charge < -0.3 is 10.2 Å². The molecule has 0 saturated carbocycles. The van der Waals surface area contributed by atoms with Crippen LogP contribution in [0.5, 0.6) is 0 Å². The van der Waals surface area contributed by atoms with E-state index in [4.69, 9.17) is 0 Å². The maximum absolute atomic E-state index is 12.3. The maximum Gasteiger partial charge on any atom is 0.270 e. The standard InChI is InChI=1S/C16H22N6O/c1-13-12-14(20-16(19-13)21-8-2-3-9-21)15(23)17-6-4-10-22-11-5-7-18-22/h5,7,11-12H,2-4,6,8-10H2,1H3,(H,17,23). The summed E-state index contributed by atoms with van der Waals surface area (Å²) in [5, 5.41) is 7.05. The summed E-state index contributed by atoms with van der Waals surface area (Å²) in [4.78, 5) is 23.3. The minimum atomic E-state index is -0.142. The highest BCUT2D eigenvalue weighted by Crippen LogP contribution is 2.16. The Labute approximate surface area is 135 Å². The van der Waals surface area contributed by atoms with Crippen LogP contribution >= 0.6 is 0 Å². The van der Waals surface area contributed by atoms with Gasteiger partial charge in [-0.15, -0.1) is 0 Å². The lowest BCUT2D eigenvalue weighted by molar-refractivity contribution is 0.0947. The average molecular weight is 314 g/mol. The fourth-order valence-corrected chi connectivity index (χ4v) is 2.69. The Balaban J connectivity index is 1.55. The first-order chi connectivity index (χ1) is 11.2. The smallest absolute Gasteiger partial charge is 0.270 e. The molecule has 23 heavy (non-hydrogen) atoms. The van der Waals surface area contributed by atoms with E-state index < -0.39 is 0 Å². The Kier molecular flexibility index (Phi) is 4.85. The van der Waals surface area contributed by atoms with Crippen LogP contribution in [-0.2, 0) is 6.54 Å². The van der Waals surface area contributed by atoms with Crippen molar-refractivity contribution in [2.24, 2.45) is 0 Å². The molecule has 0 unspecified atom stereocenters. The molecule has 1 aliphatic heterocycles. The third-order valence-corrected chi connectivity index (χ3v) is 3.87. The van der Waals surface area contributed by atoms with E-state index in [0.29, 0.717) is 18.2 Å². The van der Waals surface area contributed by atoms with Gasteiger partial charge in [-0.2, -0.15) is 5.10 Å². The van der Waals surface area contributed by atoms with Crippen molar-refractivity contribution >= 4 is 11.9 Å². The van der Waals surface area contributed by atoms with Crippen LogP contribution < -0.4 is 10.2 Å². The zero-order valence-corrected chi connectivity index (χ0v) is 13.4. The SMILES string of the molecule is Cc1cc(C(=O)NCCCn2cccn2)nc(N2CCCC2)n1. The lowest BCUT2D eigenvalue weighted by Crippen LogP contribution is -2.28. The van der Waals surface area contributed by atoms with Crippen molar-refractivity contribution in [3.05, 3.63) is 35.9 Å². The van der Waals surface area contributed by atoms with Crippen LogP contribution in [0, 0.1) is 6.92 Å². The van der Waals surface area contributed by atoms with Gasteiger partial charge in [-0.25, -0.2) is 9.97 Å². The van der Waals surface area contributed by atoms with Crippen LogP contribution in [0.3, 0.4) is 0 Å². The molecule has 1 N–H and O–H groups in total. The molecule has 0 bridgehead atoms. The first kappa shape index (κ1) is 15.5. The first-order valence-electron chi connectivity index (χ1n) is 8.08. The number of amides is 1. The fourth-order valence-electron chi connectivity index (χ4n) is 2.69. The molecule has 7 heteroatoms. The van der Waals surface area contributed by atoms with Gasteiger partial charge in [0.05, 0.1) is 0 Å². The molecule has 0 atom stereocenters. The molecule has 3 rings (SSSR count). The van der Waals surface area contributed by atoms with E-state index in [2.05, 4.69) is 25.3 Å². The molecule has 0 aromatic carbocycles. The van der Waals surface area contributed by atoms with Crippen molar-refractivity contribution in [1.29, 1.82) is 0 Å². The maximum atomic E-state index is 12.3. The Bertz CT molecular complexity index is 649. The molecule has 0 spiro atoms. The Hall–Kier alpha value is -2.44. The first-order valence-corrected chi connectivity index (χ1v) is 8.08. The summed E-state index contributed by atoms with van der Waals surface area (Å²) in [6, 6.07) is 3.63. The molecule has 1 fully saturated rings. The van der Waals surface area contributed by atoms with Gasteiger partial charge >= 0.3 is 0 Å². The predicted molar refractivity (Wildman–Crippen MR) is 87.4 cm³/mol. The molecule has 122 valence electrons. The summed E-state index contributed by atoms with van der Waals surface area (Å²) in [5.41, 5.74) is 1.27. The van der Waals surface area contributed by atoms with E-state index in [-0.39, 0.29) is 5.91 Å². The molecular weight excluding hydrogens is 292 g/mol. The number of hydrogen-bond acceptors (Lipinski definition) is 5. The van der Waals surface area contributed by atoms with E-state index in [0.717, 1.165) is 44.6 Å². The molecule has 2 aromatic rings. The summed E-state index contributed by atoms with van der Waals surface area (Å²) in [6.45, 7) is 5.22. The van der Waals surface area contributed by atoms with Gasteiger partial charge in [-0.3, -0.25) is 9.48 Å². The number of carbonyl (C=O) groups excluding carboxylic acids is 1. The Morgan fingerprint density at radius 2 is 2.13 bits per heavy atom. The third-order valence-electron chi connectivity index (χ3n) is 3.87. The predicted octanol–water partition coefficient (Wildman–Crippen LogP) is 1.40. The van der Waals surface area contributed by atoms with Gasteiger partial charge in [0.2, 0.25) is 5.95 Å². The van der Waals surface area contributed by atoms with Gasteiger partial charge in [0, 0.05) is 44.3 Å². The number of aromatic nitrogens is 4. The van der Waals surface area contributed by atoms with Crippen LogP contribution in [-0.4, -0.2) is 45.3 Å². The fraction of sp³-hybridized carbons (Fsp3) is 0.500. The third kappa shape index (κ3) is 4.06. The second kappa shape index (κ2) is 7.21. The van der Waals surface area contributed by atoms with Crippen molar-refractivity contribution in [1.82, 2.24) is 25.1 Å². The highest BCUT2D eigenvalue weighted by atomic mass is 16.1. The number of carbonyl (C=O) groups is 1. The second-order valence-corrected chi connectivity index (χ2v) is 5.77. The number of hydrogen-bond donors (Lipinski definition) is 1. The van der Waals surface area contributed by atoms with Gasteiger partial charge in [0.1, 0.15) is 5.69 Å². The molecule has 1 saturated heterocycles. The molecule has 1 amide bonds. The zero-order chi connectivity index (χ0) is 16.1. The number of nitrogens with one attached hydrogen (secondary N) is 1. The van der Waals surface area contributed by atoms with E-state index in [1.165, 1.54) is 0 Å². The molecule has 0 radical (unpaired) electrons. The van der Waals surface area contributed by atoms with E-state index in [9.17, 15) is 4.79 Å². The topological polar surface area (TPSA) is 75.9 Å². The summed E-state index contributed by atoms with van der Waals surface area (Å²) >= 11 is 0. The van der Waals surface area contributed by atoms with Crippen LogP contribution in [0.25, 0.3) is 0 Å². The van der Waals surface area contributed by atoms with E-state index >= 15 is 0 Å². The summed E-state index contributed by atoms with van der Waals surface area (Å²) in [6.07, 6.45) is 6.81. The minimum Gasteiger partial charge on any atom is -0.351 e. The summed E-state index contributed by atoms with van der Waals surface area (Å²) in [5.74, 6) is 0.528. The summed E-state index contributed by atoms with van der Waals surface area (Å²) in [7, 11) is 0. The normalized spacial score (nSPS) is 14.2. The number of rotatable bonds is 6. The average Bonchev–Trinajstić information content (AvgIpc) is 3.24. The largest absolute Gasteiger partial charge is 0.351 e. The number of anilines is 1. The van der Waals surface area contributed by atoms with E-state index in [1.807, 2.05) is 23.9 Å². The number of aryl methyl sites for hydroxylation is 2. The molecule has 7 nitrogen and oxygen atoms in total. The van der Waals surface area contributed by atoms with Crippen molar-refractivity contribution in [3.63, 3.8) is 0 Å². The number of nitrogens with zero attached hydrogens (tertiary/aromatic N) is 5. The van der Waals surface area contributed by atoms with Gasteiger partial charge in [0.25, 0.3) is 5.91 Å². The highest BCUT2D eigenvalue weighted by Gasteiger charge is 2.17. The quantitative estimate of drug-likeness (QED) is 0.816. The lowest BCUT2D eigenvalue weighted by Gasteiger charge is -2.16. The molecule has 3 heterocycles. The van der Waals surface area contributed by atoms with Crippen LogP contribution in [0.15, 0.2) is 24.5 Å². The molecule has 1 aliphatic rings.